The zero-order chi connectivity index (χ0) is 23.0. The number of benzene rings is 2. The molecule has 0 unspecified atom stereocenters. The number of hydrogen-bond donors (Lipinski definition) is 2. The Labute approximate surface area is 183 Å². The van der Waals surface area contributed by atoms with Crippen molar-refractivity contribution in [1.29, 1.82) is 0 Å². The topological polar surface area (TPSA) is 59.1 Å². The molecule has 0 aliphatic carbocycles. The summed E-state index contributed by atoms with van der Waals surface area (Å²) in [5.74, 6) is -0.242. The molecule has 1 heterocycles. The van der Waals surface area contributed by atoms with Crippen LogP contribution in [0.15, 0.2) is 54.7 Å². The number of alkyl halides is 3. The molecule has 0 aliphatic rings. The lowest BCUT2D eigenvalue weighted by atomic mass is 10.2. The van der Waals surface area contributed by atoms with E-state index in [0.29, 0.717) is 24.2 Å². The number of hydrogen-bond acceptors (Lipinski definition) is 5. The van der Waals surface area contributed by atoms with Crippen molar-refractivity contribution in [3.8, 4) is 5.75 Å². The molecule has 0 fully saturated rings. The minimum absolute atomic E-state index is 0.0177. The molecule has 0 radical (unpaired) electrons. The molecule has 0 saturated heterocycles. The monoisotopic (exact) mass is 448 g/mol. The quantitative estimate of drug-likeness (QED) is 0.256. The second-order valence-corrected chi connectivity index (χ2v) is 7.14. The third kappa shape index (κ3) is 6.83. The Balaban J connectivity index is 1.70. The fourth-order valence-corrected chi connectivity index (χ4v) is 2.90. The molecule has 0 saturated carbocycles. The van der Waals surface area contributed by atoms with Gasteiger partial charge in [-0.15, -0.1) is 0 Å². The summed E-state index contributed by atoms with van der Waals surface area (Å²) in [4.78, 5) is 7.76. The third-order valence-corrected chi connectivity index (χ3v) is 4.58. The Hall–Kier alpha value is -3.36. The van der Waals surface area contributed by atoms with E-state index in [0.717, 1.165) is 31.4 Å². The first kappa shape index (κ1) is 23.3. The average molecular weight is 448 g/mol. The van der Waals surface area contributed by atoms with Crippen LogP contribution in [0.2, 0.25) is 0 Å². The maximum Gasteiger partial charge on any atom is 0.421 e. The predicted octanol–water partition coefficient (Wildman–Crippen LogP) is 7.08. The zero-order valence-corrected chi connectivity index (χ0v) is 17.5. The maximum atomic E-state index is 13.4. The highest BCUT2D eigenvalue weighted by Gasteiger charge is 2.35. The third-order valence-electron chi connectivity index (χ3n) is 4.58. The van der Waals surface area contributed by atoms with Crippen molar-refractivity contribution in [1.82, 2.24) is 9.97 Å². The summed E-state index contributed by atoms with van der Waals surface area (Å²) in [6, 6.07) is 11.9. The molecule has 3 aromatic rings. The van der Waals surface area contributed by atoms with Crippen molar-refractivity contribution in [3.05, 3.63) is 66.1 Å². The Morgan fingerprint density at radius 3 is 2.19 bits per heavy atom. The summed E-state index contributed by atoms with van der Waals surface area (Å²) in [6.45, 7) is 2.78. The van der Waals surface area contributed by atoms with Crippen LogP contribution in [0.5, 0.6) is 5.75 Å². The standard InChI is InChI=1S/C23H24F4N4O/c1-2-3-4-5-14-32-19-12-10-18(11-13-19)30-22-28-15-20(23(25,26)27)21(31-22)29-17-8-6-16(24)7-9-17/h6-13,15H,2-5,14H2,1H3,(H2,28,29,30,31). The molecule has 2 N–H and O–H groups in total. The first-order chi connectivity index (χ1) is 15.3. The molecule has 1 aromatic heterocycles. The van der Waals surface area contributed by atoms with Crippen molar-refractivity contribution in [3.63, 3.8) is 0 Å². The Morgan fingerprint density at radius 1 is 0.875 bits per heavy atom. The molecule has 3 rings (SSSR count). The molecule has 0 atom stereocenters. The molecule has 0 bridgehead atoms. The average Bonchev–Trinajstić information content (AvgIpc) is 2.76. The Kier molecular flexibility index (Phi) is 7.86. The van der Waals surface area contributed by atoms with Crippen LogP contribution in [-0.2, 0) is 6.18 Å². The van der Waals surface area contributed by atoms with Gasteiger partial charge in [-0.25, -0.2) is 9.37 Å². The summed E-state index contributed by atoms with van der Waals surface area (Å²) >= 11 is 0. The number of nitrogens with one attached hydrogen (secondary N) is 2. The number of rotatable bonds is 10. The van der Waals surface area contributed by atoms with Gasteiger partial charge < -0.3 is 15.4 Å². The molecule has 2 aromatic carbocycles. The van der Waals surface area contributed by atoms with Gasteiger partial charge in [0.1, 0.15) is 22.9 Å². The summed E-state index contributed by atoms with van der Waals surface area (Å²) < 4.78 is 58.9. The van der Waals surface area contributed by atoms with Gasteiger partial charge >= 0.3 is 6.18 Å². The van der Waals surface area contributed by atoms with Crippen LogP contribution >= 0.6 is 0 Å². The van der Waals surface area contributed by atoms with Crippen LogP contribution in [0, 0.1) is 5.82 Å². The number of nitrogens with zero attached hydrogens (tertiary/aromatic N) is 2. The molecule has 9 heteroatoms. The van der Waals surface area contributed by atoms with Crippen molar-refractivity contribution < 1.29 is 22.3 Å². The lowest BCUT2D eigenvalue weighted by molar-refractivity contribution is -0.137. The Morgan fingerprint density at radius 2 is 1.53 bits per heavy atom. The molecule has 0 spiro atoms. The lowest BCUT2D eigenvalue weighted by Crippen LogP contribution is -2.12. The van der Waals surface area contributed by atoms with Gasteiger partial charge in [0.05, 0.1) is 6.61 Å². The molecule has 32 heavy (non-hydrogen) atoms. The van der Waals surface area contributed by atoms with E-state index in [1.54, 1.807) is 24.3 Å². The molecule has 170 valence electrons. The Bertz CT molecular complexity index is 992. The van der Waals surface area contributed by atoms with Crippen molar-refractivity contribution in [2.45, 2.75) is 38.8 Å². The largest absolute Gasteiger partial charge is 0.494 e. The predicted molar refractivity (Wildman–Crippen MR) is 116 cm³/mol. The van der Waals surface area contributed by atoms with Gasteiger partial charge in [0.2, 0.25) is 5.95 Å². The van der Waals surface area contributed by atoms with E-state index in [1.807, 2.05) is 0 Å². The van der Waals surface area contributed by atoms with E-state index in [9.17, 15) is 17.6 Å². The van der Waals surface area contributed by atoms with Gasteiger partial charge in [-0.1, -0.05) is 26.2 Å². The number of anilines is 4. The minimum Gasteiger partial charge on any atom is -0.494 e. The second-order valence-electron chi connectivity index (χ2n) is 7.14. The zero-order valence-electron chi connectivity index (χ0n) is 17.5. The lowest BCUT2D eigenvalue weighted by Gasteiger charge is -2.15. The normalized spacial score (nSPS) is 11.3. The number of unbranched alkanes of at least 4 members (excludes halogenated alkanes) is 3. The van der Waals surface area contributed by atoms with Crippen LogP contribution in [0.4, 0.5) is 40.7 Å². The van der Waals surface area contributed by atoms with Crippen LogP contribution < -0.4 is 15.4 Å². The van der Waals surface area contributed by atoms with E-state index >= 15 is 0 Å². The molecular weight excluding hydrogens is 424 g/mol. The summed E-state index contributed by atoms with van der Waals surface area (Å²) in [7, 11) is 0. The maximum absolute atomic E-state index is 13.4. The van der Waals surface area contributed by atoms with Crippen LogP contribution in [0.25, 0.3) is 0 Å². The van der Waals surface area contributed by atoms with Crippen molar-refractivity contribution >= 4 is 23.1 Å². The SMILES string of the molecule is CCCCCCOc1ccc(Nc2ncc(C(F)(F)F)c(Nc3ccc(F)cc3)n2)cc1. The fourth-order valence-electron chi connectivity index (χ4n) is 2.90. The summed E-state index contributed by atoms with van der Waals surface area (Å²) in [5.41, 5.74) is -0.169. The van der Waals surface area contributed by atoms with E-state index < -0.39 is 23.4 Å². The van der Waals surface area contributed by atoms with Crippen molar-refractivity contribution in [2.75, 3.05) is 17.2 Å². The molecule has 0 aliphatic heterocycles. The fraction of sp³-hybridized carbons (Fsp3) is 0.304. The van der Waals surface area contributed by atoms with Crippen LogP contribution in [0.1, 0.15) is 38.2 Å². The highest BCUT2D eigenvalue weighted by Crippen LogP contribution is 2.35. The van der Waals surface area contributed by atoms with Gasteiger partial charge in [0, 0.05) is 17.6 Å². The van der Waals surface area contributed by atoms with Gasteiger partial charge in [0.25, 0.3) is 0 Å². The van der Waals surface area contributed by atoms with E-state index in [4.69, 9.17) is 4.74 Å². The van der Waals surface area contributed by atoms with E-state index in [1.165, 1.54) is 18.6 Å². The van der Waals surface area contributed by atoms with Gasteiger partial charge in [0.15, 0.2) is 0 Å². The van der Waals surface area contributed by atoms with Crippen LogP contribution in [0.3, 0.4) is 0 Å². The van der Waals surface area contributed by atoms with Gasteiger partial charge in [-0.05, 0) is 55.0 Å². The summed E-state index contributed by atoms with van der Waals surface area (Å²) in [6.07, 6.45) is 0.490. The van der Waals surface area contributed by atoms with Crippen molar-refractivity contribution in [2.24, 2.45) is 0 Å². The van der Waals surface area contributed by atoms with Gasteiger partial charge in [-0.3, -0.25) is 0 Å². The first-order valence-corrected chi connectivity index (χ1v) is 10.3. The summed E-state index contributed by atoms with van der Waals surface area (Å²) in [5, 5.41) is 5.47. The molecule has 5 nitrogen and oxygen atoms in total. The second kappa shape index (κ2) is 10.8. The number of halogens is 4. The molecular formula is C23H24F4N4O. The highest BCUT2D eigenvalue weighted by molar-refractivity contribution is 5.63. The highest BCUT2D eigenvalue weighted by atomic mass is 19.4. The van der Waals surface area contributed by atoms with E-state index in [-0.39, 0.29) is 11.6 Å². The number of ether oxygens (including phenoxy) is 1. The molecule has 0 amide bonds. The minimum atomic E-state index is -4.66. The smallest absolute Gasteiger partial charge is 0.421 e. The first-order valence-electron chi connectivity index (χ1n) is 10.3. The number of aromatic nitrogens is 2. The van der Waals surface area contributed by atoms with E-state index in [2.05, 4.69) is 27.5 Å². The van der Waals surface area contributed by atoms with Crippen LogP contribution in [-0.4, -0.2) is 16.6 Å². The van der Waals surface area contributed by atoms with Gasteiger partial charge in [-0.2, -0.15) is 18.2 Å².